The molecule has 3 N–H and O–H groups in total. The van der Waals surface area contributed by atoms with Gasteiger partial charge in [-0.15, -0.1) is 11.3 Å². The molecule has 0 radical (unpaired) electrons. The molecule has 0 unspecified atom stereocenters. The summed E-state index contributed by atoms with van der Waals surface area (Å²) in [6.45, 7) is 2.61. The number of carbonyl (C=O) groups is 2. The van der Waals surface area contributed by atoms with Gasteiger partial charge in [0.15, 0.2) is 0 Å². The molecule has 0 aliphatic rings. The standard InChI is InChI=1S/C17H21N3O2S/c1-2-4-13-6-8-14(9-7-13)18-12-16(21)20-17(22)19-11-15-5-3-10-23-15/h3,5-10,18H,2,4,11-12H2,1H3,(H2,19,20,21,22). The van der Waals surface area contributed by atoms with E-state index < -0.39 is 6.03 Å². The van der Waals surface area contributed by atoms with Crippen LogP contribution in [0.1, 0.15) is 23.8 Å². The Labute approximate surface area is 140 Å². The number of benzene rings is 1. The highest BCUT2D eigenvalue weighted by Crippen LogP contribution is 2.10. The molecule has 0 bridgehead atoms. The fraction of sp³-hybridized carbons (Fsp3) is 0.294. The van der Waals surface area contributed by atoms with Crippen LogP contribution in [-0.2, 0) is 17.8 Å². The average Bonchev–Trinajstić information content (AvgIpc) is 3.06. The molecule has 2 rings (SSSR count). The molecule has 0 saturated carbocycles. The molecule has 1 heterocycles. The Balaban J connectivity index is 1.68. The van der Waals surface area contributed by atoms with E-state index in [9.17, 15) is 9.59 Å². The summed E-state index contributed by atoms with van der Waals surface area (Å²) in [6, 6.07) is 11.3. The maximum atomic E-state index is 11.7. The van der Waals surface area contributed by atoms with Gasteiger partial charge in [0.2, 0.25) is 5.91 Å². The molecule has 0 spiro atoms. The number of urea groups is 1. The summed E-state index contributed by atoms with van der Waals surface area (Å²) in [7, 11) is 0. The molecule has 1 aromatic heterocycles. The van der Waals surface area contributed by atoms with Gasteiger partial charge in [-0.2, -0.15) is 0 Å². The number of thiophene rings is 1. The molecule has 2 aromatic rings. The van der Waals surface area contributed by atoms with Gasteiger partial charge in [0.25, 0.3) is 0 Å². The fourth-order valence-corrected chi connectivity index (χ4v) is 2.70. The van der Waals surface area contributed by atoms with Crippen LogP contribution in [0.3, 0.4) is 0 Å². The lowest BCUT2D eigenvalue weighted by molar-refractivity contribution is -0.118. The monoisotopic (exact) mass is 331 g/mol. The molecule has 0 aliphatic heterocycles. The van der Waals surface area contributed by atoms with Crippen molar-refractivity contribution < 1.29 is 9.59 Å². The van der Waals surface area contributed by atoms with Crippen molar-refractivity contribution in [3.63, 3.8) is 0 Å². The third-order valence-electron chi connectivity index (χ3n) is 3.20. The Hall–Kier alpha value is -2.34. The molecule has 6 heteroatoms. The Morgan fingerprint density at radius 3 is 2.57 bits per heavy atom. The van der Waals surface area contributed by atoms with E-state index in [0.29, 0.717) is 6.54 Å². The van der Waals surface area contributed by atoms with Crippen molar-refractivity contribution in [1.82, 2.24) is 10.6 Å². The highest BCUT2D eigenvalue weighted by molar-refractivity contribution is 7.09. The van der Waals surface area contributed by atoms with Crippen molar-refractivity contribution in [2.24, 2.45) is 0 Å². The SMILES string of the molecule is CCCc1ccc(NCC(=O)NC(=O)NCc2cccs2)cc1. The smallest absolute Gasteiger partial charge is 0.321 e. The summed E-state index contributed by atoms with van der Waals surface area (Å²) in [5.41, 5.74) is 2.13. The highest BCUT2D eigenvalue weighted by Gasteiger charge is 2.07. The van der Waals surface area contributed by atoms with E-state index in [1.54, 1.807) is 11.3 Å². The molecule has 0 aliphatic carbocycles. The van der Waals surface area contributed by atoms with E-state index in [1.165, 1.54) is 5.56 Å². The Kier molecular flexibility index (Phi) is 6.62. The number of nitrogens with one attached hydrogen (secondary N) is 3. The molecule has 122 valence electrons. The number of hydrogen-bond acceptors (Lipinski definition) is 4. The van der Waals surface area contributed by atoms with E-state index in [0.717, 1.165) is 23.4 Å². The van der Waals surface area contributed by atoms with Crippen molar-refractivity contribution in [1.29, 1.82) is 0 Å². The maximum absolute atomic E-state index is 11.7. The van der Waals surface area contributed by atoms with Gasteiger partial charge in [-0.05, 0) is 35.6 Å². The van der Waals surface area contributed by atoms with Crippen LogP contribution in [0.25, 0.3) is 0 Å². The molecule has 0 saturated heterocycles. The number of aryl methyl sites for hydroxylation is 1. The molecule has 23 heavy (non-hydrogen) atoms. The van der Waals surface area contributed by atoms with Gasteiger partial charge < -0.3 is 10.6 Å². The predicted molar refractivity (Wildman–Crippen MR) is 93.6 cm³/mol. The molecule has 3 amide bonds. The van der Waals surface area contributed by atoms with Gasteiger partial charge in [-0.3, -0.25) is 10.1 Å². The first kappa shape index (κ1) is 17.0. The lowest BCUT2D eigenvalue weighted by Crippen LogP contribution is -2.41. The number of imide groups is 1. The van der Waals surface area contributed by atoms with E-state index in [2.05, 4.69) is 22.9 Å². The summed E-state index contributed by atoms with van der Waals surface area (Å²) in [4.78, 5) is 24.4. The molecule has 0 atom stereocenters. The van der Waals surface area contributed by atoms with Gasteiger partial charge in [-0.1, -0.05) is 31.5 Å². The van der Waals surface area contributed by atoms with Crippen molar-refractivity contribution in [2.45, 2.75) is 26.3 Å². The van der Waals surface area contributed by atoms with E-state index in [4.69, 9.17) is 0 Å². The Bertz CT molecular complexity index is 624. The van der Waals surface area contributed by atoms with Gasteiger partial charge in [0.1, 0.15) is 0 Å². The van der Waals surface area contributed by atoms with Gasteiger partial charge in [0, 0.05) is 10.6 Å². The molecular formula is C17H21N3O2S. The first-order valence-electron chi connectivity index (χ1n) is 7.60. The van der Waals surface area contributed by atoms with Crippen LogP contribution in [0.4, 0.5) is 10.5 Å². The Morgan fingerprint density at radius 2 is 1.91 bits per heavy atom. The Morgan fingerprint density at radius 1 is 1.13 bits per heavy atom. The van der Waals surface area contributed by atoms with E-state index in [-0.39, 0.29) is 12.5 Å². The molecule has 1 aromatic carbocycles. The zero-order chi connectivity index (χ0) is 16.5. The van der Waals surface area contributed by atoms with Gasteiger partial charge in [-0.25, -0.2) is 4.79 Å². The summed E-state index contributed by atoms with van der Waals surface area (Å²) in [5.74, 6) is -0.369. The van der Waals surface area contributed by atoms with Crippen LogP contribution in [0.2, 0.25) is 0 Å². The molecular weight excluding hydrogens is 310 g/mol. The number of rotatable bonds is 7. The van der Waals surface area contributed by atoms with Crippen LogP contribution < -0.4 is 16.0 Å². The first-order chi connectivity index (χ1) is 11.2. The maximum Gasteiger partial charge on any atom is 0.321 e. The second-order valence-electron chi connectivity index (χ2n) is 5.11. The predicted octanol–water partition coefficient (Wildman–Crippen LogP) is 3.14. The van der Waals surface area contributed by atoms with Crippen LogP contribution in [-0.4, -0.2) is 18.5 Å². The van der Waals surface area contributed by atoms with Gasteiger partial charge >= 0.3 is 6.03 Å². The first-order valence-corrected chi connectivity index (χ1v) is 8.48. The topological polar surface area (TPSA) is 70.2 Å². The minimum Gasteiger partial charge on any atom is -0.376 e. The number of anilines is 1. The van der Waals surface area contributed by atoms with Crippen molar-refractivity contribution in [3.8, 4) is 0 Å². The van der Waals surface area contributed by atoms with Crippen LogP contribution >= 0.6 is 11.3 Å². The third-order valence-corrected chi connectivity index (χ3v) is 4.08. The van der Waals surface area contributed by atoms with Crippen molar-refractivity contribution >= 4 is 29.0 Å². The number of hydrogen-bond donors (Lipinski definition) is 3. The second-order valence-corrected chi connectivity index (χ2v) is 6.14. The number of carbonyl (C=O) groups excluding carboxylic acids is 2. The van der Waals surface area contributed by atoms with Crippen molar-refractivity contribution in [3.05, 3.63) is 52.2 Å². The van der Waals surface area contributed by atoms with Crippen LogP contribution in [0, 0.1) is 0 Å². The summed E-state index contributed by atoms with van der Waals surface area (Å²) >= 11 is 1.56. The quantitative estimate of drug-likeness (QED) is 0.730. The molecule has 0 fully saturated rings. The number of amides is 3. The molecule has 5 nitrogen and oxygen atoms in total. The minimum atomic E-state index is -0.483. The van der Waals surface area contributed by atoms with Crippen molar-refractivity contribution in [2.75, 3.05) is 11.9 Å². The zero-order valence-corrected chi connectivity index (χ0v) is 13.9. The fourth-order valence-electron chi connectivity index (χ4n) is 2.06. The lowest BCUT2D eigenvalue weighted by atomic mass is 10.1. The van der Waals surface area contributed by atoms with Gasteiger partial charge in [0.05, 0.1) is 13.1 Å². The second kappa shape index (κ2) is 8.95. The normalized spacial score (nSPS) is 10.1. The summed E-state index contributed by atoms with van der Waals surface area (Å²) < 4.78 is 0. The summed E-state index contributed by atoms with van der Waals surface area (Å²) in [6.07, 6.45) is 2.15. The largest absolute Gasteiger partial charge is 0.376 e. The zero-order valence-electron chi connectivity index (χ0n) is 13.1. The minimum absolute atomic E-state index is 0.0551. The van der Waals surface area contributed by atoms with Crippen LogP contribution in [0.5, 0.6) is 0 Å². The van der Waals surface area contributed by atoms with Crippen LogP contribution in [0.15, 0.2) is 41.8 Å². The average molecular weight is 331 g/mol. The highest BCUT2D eigenvalue weighted by atomic mass is 32.1. The lowest BCUT2D eigenvalue weighted by Gasteiger charge is -2.08. The third kappa shape index (κ3) is 6.12. The van der Waals surface area contributed by atoms with E-state index >= 15 is 0 Å². The summed E-state index contributed by atoms with van der Waals surface area (Å²) in [5, 5.41) is 9.88. The van der Waals surface area contributed by atoms with E-state index in [1.807, 2.05) is 41.8 Å².